The number of hydrogen-bond donors (Lipinski definition) is 2. The van der Waals surface area contributed by atoms with Crippen LogP contribution in [0.15, 0.2) is 24.3 Å². The van der Waals surface area contributed by atoms with Crippen molar-refractivity contribution in [2.75, 3.05) is 19.6 Å². The first-order valence-electron chi connectivity index (χ1n) is 10.6. The zero-order valence-electron chi connectivity index (χ0n) is 19.2. The van der Waals surface area contributed by atoms with Crippen LogP contribution >= 0.6 is 0 Å². The largest absolute Gasteiger partial charge is 0.444 e. The Balaban J connectivity index is 3.09. The minimum Gasteiger partial charge on any atom is -0.444 e. The van der Waals surface area contributed by atoms with Crippen LogP contribution in [0.5, 0.6) is 0 Å². The van der Waals surface area contributed by atoms with E-state index in [1.807, 2.05) is 32.0 Å². The summed E-state index contributed by atoms with van der Waals surface area (Å²) in [4.78, 5) is 39.0. The fourth-order valence-electron chi connectivity index (χ4n) is 2.86. The van der Waals surface area contributed by atoms with Gasteiger partial charge in [0.15, 0.2) is 0 Å². The quantitative estimate of drug-likeness (QED) is 0.438. The van der Waals surface area contributed by atoms with E-state index in [1.54, 1.807) is 32.9 Å². The number of carbonyl (C=O) groups excluding carboxylic acids is 3. The van der Waals surface area contributed by atoms with E-state index in [2.05, 4.69) is 10.6 Å². The first-order chi connectivity index (χ1) is 14.6. The van der Waals surface area contributed by atoms with Crippen LogP contribution in [0.2, 0.25) is 0 Å². The Kier molecular flexibility index (Phi) is 10.5. The van der Waals surface area contributed by atoms with Crippen LogP contribution in [-0.2, 0) is 20.7 Å². The van der Waals surface area contributed by atoms with Crippen LogP contribution in [0.4, 0.5) is 4.79 Å². The number of hydrogen-bond acceptors (Lipinski definition) is 5. The molecule has 0 saturated carbocycles. The molecule has 0 radical (unpaired) electrons. The monoisotopic (exact) mass is 430 g/mol. The predicted octanol–water partition coefficient (Wildman–Crippen LogP) is 3.08. The number of nitrogens with one attached hydrogen (secondary N) is 2. The lowest BCUT2D eigenvalue weighted by Crippen LogP contribution is -2.48. The molecule has 8 nitrogen and oxygen atoms in total. The van der Waals surface area contributed by atoms with Crippen molar-refractivity contribution in [3.8, 4) is 6.07 Å². The van der Waals surface area contributed by atoms with Crippen molar-refractivity contribution in [2.24, 2.45) is 0 Å². The molecule has 0 aliphatic heterocycles. The normalized spacial score (nSPS) is 11.7. The molecule has 0 fully saturated rings. The molecule has 1 rings (SSSR count). The molecule has 1 atom stereocenters. The van der Waals surface area contributed by atoms with Gasteiger partial charge in [0.2, 0.25) is 11.8 Å². The van der Waals surface area contributed by atoms with Crippen molar-refractivity contribution in [1.82, 2.24) is 15.5 Å². The lowest BCUT2D eigenvalue weighted by Gasteiger charge is -2.30. The number of alkyl carbamates (subject to hydrolysis) is 1. The molecule has 0 aliphatic carbocycles. The number of nitrogens with zero attached hydrogens (tertiary/aromatic N) is 2. The third kappa shape index (κ3) is 9.08. The number of rotatable bonds is 10. The summed E-state index contributed by atoms with van der Waals surface area (Å²) in [5, 5.41) is 14.5. The Hall–Kier alpha value is -3.08. The zero-order valence-corrected chi connectivity index (χ0v) is 19.2. The van der Waals surface area contributed by atoms with Crippen LogP contribution in [0.1, 0.15) is 64.6 Å². The van der Waals surface area contributed by atoms with Gasteiger partial charge in [-0.25, -0.2) is 4.79 Å². The minimum atomic E-state index is -0.977. The number of carbonyl (C=O) groups is 3. The third-order valence-corrected chi connectivity index (χ3v) is 4.44. The predicted molar refractivity (Wildman–Crippen MR) is 118 cm³/mol. The fraction of sp³-hybridized carbons (Fsp3) is 0.565. The van der Waals surface area contributed by atoms with Crippen LogP contribution in [-0.4, -0.2) is 48.0 Å². The second-order valence-corrected chi connectivity index (χ2v) is 8.18. The summed E-state index contributed by atoms with van der Waals surface area (Å²) in [6, 6.07) is 8.36. The molecule has 0 heterocycles. The number of ether oxygens (including phenoxy) is 1. The second-order valence-electron chi connectivity index (χ2n) is 8.18. The van der Waals surface area contributed by atoms with Crippen molar-refractivity contribution < 1.29 is 19.1 Å². The molecule has 0 spiro atoms. The van der Waals surface area contributed by atoms with Gasteiger partial charge in [0.05, 0.1) is 6.07 Å². The Bertz CT molecular complexity index is 778. The number of unbranched alkanes of at least 4 members (excludes halogenated alkanes) is 1. The van der Waals surface area contributed by atoms with Gasteiger partial charge in [0.25, 0.3) is 0 Å². The Morgan fingerprint density at radius 1 is 1.13 bits per heavy atom. The molecule has 0 saturated heterocycles. The van der Waals surface area contributed by atoms with Gasteiger partial charge in [-0.2, -0.15) is 5.26 Å². The number of amides is 3. The summed E-state index contributed by atoms with van der Waals surface area (Å²) in [5.41, 5.74) is 0.994. The van der Waals surface area contributed by atoms with Gasteiger partial charge < -0.3 is 20.3 Å². The average molecular weight is 431 g/mol. The highest BCUT2D eigenvalue weighted by Gasteiger charge is 2.31. The molecule has 0 aromatic heterocycles. The summed E-state index contributed by atoms with van der Waals surface area (Å²) < 4.78 is 5.15. The van der Waals surface area contributed by atoms with E-state index in [-0.39, 0.29) is 19.0 Å². The SMILES string of the molecule is CCCCNC(=O)C(c1ccc(CC)cc1)N(CC#N)C(=O)CNC(=O)OC(C)(C)C. The van der Waals surface area contributed by atoms with Crippen molar-refractivity contribution in [2.45, 2.75) is 65.5 Å². The van der Waals surface area contributed by atoms with Gasteiger partial charge >= 0.3 is 6.09 Å². The smallest absolute Gasteiger partial charge is 0.408 e. The van der Waals surface area contributed by atoms with E-state index in [1.165, 1.54) is 4.90 Å². The molecule has 0 bridgehead atoms. The molecule has 0 aliphatic rings. The lowest BCUT2D eigenvalue weighted by molar-refractivity contribution is -0.139. The topological polar surface area (TPSA) is 112 Å². The van der Waals surface area contributed by atoms with Gasteiger partial charge in [-0.15, -0.1) is 0 Å². The summed E-state index contributed by atoms with van der Waals surface area (Å²) in [6.45, 7) is 8.98. The highest BCUT2D eigenvalue weighted by Crippen LogP contribution is 2.22. The second kappa shape index (κ2) is 12.6. The molecule has 1 unspecified atom stereocenters. The Morgan fingerprint density at radius 2 is 1.77 bits per heavy atom. The summed E-state index contributed by atoms with van der Waals surface area (Å²) >= 11 is 0. The van der Waals surface area contributed by atoms with Gasteiger partial charge in [0.1, 0.15) is 24.7 Å². The van der Waals surface area contributed by atoms with Gasteiger partial charge in [-0.05, 0) is 44.7 Å². The van der Waals surface area contributed by atoms with Crippen LogP contribution in [0.25, 0.3) is 0 Å². The summed E-state index contributed by atoms with van der Waals surface area (Å²) in [6.07, 6.45) is 1.82. The van der Waals surface area contributed by atoms with E-state index in [4.69, 9.17) is 4.74 Å². The Labute approximate surface area is 184 Å². The highest BCUT2D eigenvalue weighted by molar-refractivity contribution is 5.90. The van der Waals surface area contributed by atoms with Gasteiger partial charge in [0, 0.05) is 6.54 Å². The maximum absolute atomic E-state index is 13.0. The maximum atomic E-state index is 13.0. The standard InChI is InChI=1S/C23H34N4O4/c1-6-8-14-25-21(29)20(18-11-9-17(7-2)10-12-18)27(15-13-24)19(28)16-26-22(30)31-23(3,4)5/h9-12,20H,6-8,14-16H2,1-5H3,(H,25,29)(H,26,30). The highest BCUT2D eigenvalue weighted by atomic mass is 16.6. The van der Waals surface area contributed by atoms with Crippen LogP contribution in [0, 0.1) is 11.3 Å². The van der Waals surface area contributed by atoms with E-state index < -0.39 is 23.6 Å². The average Bonchev–Trinajstić information content (AvgIpc) is 2.71. The van der Waals surface area contributed by atoms with E-state index in [9.17, 15) is 19.6 Å². The molecule has 2 N–H and O–H groups in total. The number of aryl methyl sites for hydroxylation is 1. The van der Waals surface area contributed by atoms with Crippen LogP contribution < -0.4 is 10.6 Å². The Morgan fingerprint density at radius 3 is 2.29 bits per heavy atom. The van der Waals surface area contributed by atoms with Crippen molar-refractivity contribution in [1.29, 1.82) is 5.26 Å². The third-order valence-electron chi connectivity index (χ3n) is 4.44. The van der Waals surface area contributed by atoms with E-state index in [0.29, 0.717) is 12.1 Å². The molecule has 1 aromatic rings. The van der Waals surface area contributed by atoms with Gasteiger partial charge in [-0.1, -0.05) is 44.5 Å². The van der Waals surface area contributed by atoms with Crippen molar-refractivity contribution in [3.63, 3.8) is 0 Å². The zero-order chi connectivity index (χ0) is 23.4. The summed E-state index contributed by atoms with van der Waals surface area (Å²) in [7, 11) is 0. The minimum absolute atomic E-state index is 0.295. The van der Waals surface area contributed by atoms with Gasteiger partial charge in [-0.3, -0.25) is 9.59 Å². The van der Waals surface area contributed by atoms with E-state index >= 15 is 0 Å². The van der Waals surface area contributed by atoms with Crippen molar-refractivity contribution >= 4 is 17.9 Å². The fourth-order valence-corrected chi connectivity index (χ4v) is 2.86. The maximum Gasteiger partial charge on any atom is 0.408 e. The number of benzene rings is 1. The van der Waals surface area contributed by atoms with Crippen molar-refractivity contribution in [3.05, 3.63) is 35.4 Å². The lowest BCUT2D eigenvalue weighted by atomic mass is 10.0. The first kappa shape index (κ1) is 26.0. The summed E-state index contributed by atoms with van der Waals surface area (Å²) in [5.74, 6) is -0.916. The molecule has 8 heteroatoms. The molecular weight excluding hydrogens is 396 g/mol. The molecule has 3 amide bonds. The molecular formula is C23H34N4O4. The van der Waals surface area contributed by atoms with E-state index in [0.717, 1.165) is 24.8 Å². The first-order valence-corrected chi connectivity index (χ1v) is 10.6. The molecule has 170 valence electrons. The molecule has 1 aromatic carbocycles. The van der Waals surface area contributed by atoms with Crippen LogP contribution in [0.3, 0.4) is 0 Å². The number of nitriles is 1. The molecule has 31 heavy (non-hydrogen) atoms.